The average Bonchev–Trinajstić information content (AvgIpc) is 3.10. The van der Waals surface area contributed by atoms with E-state index in [1.807, 2.05) is 57.2 Å². The summed E-state index contributed by atoms with van der Waals surface area (Å²) in [4.78, 5) is 41.3. The standard InChI is InChI=1S/C26H25N3O5S/c1-5-10-33-20-8-6-18(7-9-20)13-21-24(31)27-26-29(28-21)25(32)22(35-26)14-19-11-15(2)23(16(3)12-19)34-17(4)30/h6-9,11-12,14H,5,10,13H2,1-4H3. The van der Waals surface area contributed by atoms with Crippen LogP contribution in [-0.2, 0) is 11.2 Å². The minimum atomic E-state index is -0.457. The normalized spacial score (nSPS) is 11.7. The first-order valence-electron chi connectivity index (χ1n) is 11.2. The predicted octanol–water partition coefficient (Wildman–Crippen LogP) is 2.98. The van der Waals surface area contributed by atoms with Crippen molar-refractivity contribution < 1.29 is 14.3 Å². The molecule has 0 saturated carbocycles. The number of ether oxygens (including phenoxy) is 2. The molecule has 2 aromatic heterocycles. The van der Waals surface area contributed by atoms with Gasteiger partial charge in [0.15, 0.2) is 0 Å². The molecule has 2 aromatic carbocycles. The highest BCUT2D eigenvalue weighted by atomic mass is 32.1. The van der Waals surface area contributed by atoms with Gasteiger partial charge in [-0.2, -0.15) is 14.6 Å². The number of thiazole rings is 1. The fraction of sp³-hybridized carbons (Fsp3) is 0.269. The number of rotatable bonds is 7. The zero-order chi connectivity index (χ0) is 25.1. The maximum Gasteiger partial charge on any atom is 0.308 e. The highest BCUT2D eigenvalue weighted by Crippen LogP contribution is 2.25. The number of fused-ring (bicyclic) bond motifs is 1. The first kappa shape index (κ1) is 24.3. The van der Waals surface area contributed by atoms with Crippen molar-refractivity contribution in [2.45, 2.75) is 40.5 Å². The van der Waals surface area contributed by atoms with Crippen molar-refractivity contribution in [2.75, 3.05) is 6.61 Å². The maximum atomic E-state index is 13.0. The Morgan fingerprint density at radius 3 is 2.43 bits per heavy atom. The van der Waals surface area contributed by atoms with Gasteiger partial charge in [-0.05, 0) is 72.9 Å². The number of hydrogen-bond acceptors (Lipinski definition) is 8. The number of hydrogen-bond donors (Lipinski definition) is 0. The first-order chi connectivity index (χ1) is 16.7. The van der Waals surface area contributed by atoms with Crippen molar-refractivity contribution in [1.82, 2.24) is 14.6 Å². The molecule has 0 spiro atoms. The van der Waals surface area contributed by atoms with E-state index in [0.29, 0.717) is 16.9 Å². The lowest BCUT2D eigenvalue weighted by Crippen LogP contribution is -2.28. The van der Waals surface area contributed by atoms with Gasteiger partial charge in [-0.25, -0.2) is 0 Å². The lowest BCUT2D eigenvalue weighted by molar-refractivity contribution is -0.131. The van der Waals surface area contributed by atoms with Crippen LogP contribution in [0.15, 0.2) is 46.0 Å². The number of aromatic nitrogens is 3. The van der Waals surface area contributed by atoms with Crippen molar-refractivity contribution in [3.63, 3.8) is 0 Å². The number of carbonyl (C=O) groups excluding carboxylic acids is 1. The summed E-state index contributed by atoms with van der Waals surface area (Å²) in [5.74, 6) is 0.884. The van der Waals surface area contributed by atoms with Crippen LogP contribution in [0.4, 0.5) is 0 Å². The third-order valence-corrected chi connectivity index (χ3v) is 6.20. The summed E-state index contributed by atoms with van der Waals surface area (Å²) in [5, 5.41) is 4.32. The molecule has 4 aromatic rings. The molecular formula is C26H25N3O5S. The Balaban J connectivity index is 1.67. The van der Waals surface area contributed by atoms with Gasteiger partial charge in [-0.3, -0.25) is 14.4 Å². The SMILES string of the molecule is CCCOc1ccc(Cc2nn3c(=O)c(=Cc4cc(C)c(OC(C)=O)c(C)c4)sc3nc2=O)cc1. The van der Waals surface area contributed by atoms with Crippen molar-refractivity contribution in [3.8, 4) is 11.5 Å². The summed E-state index contributed by atoms with van der Waals surface area (Å²) in [6.45, 7) is 7.70. The number of nitrogens with zero attached hydrogens (tertiary/aromatic N) is 3. The van der Waals surface area contributed by atoms with Gasteiger partial charge in [0.2, 0.25) is 4.96 Å². The smallest absolute Gasteiger partial charge is 0.308 e. The van der Waals surface area contributed by atoms with E-state index < -0.39 is 11.5 Å². The predicted molar refractivity (Wildman–Crippen MR) is 134 cm³/mol. The summed E-state index contributed by atoms with van der Waals surface area (Å²) >= 11 is 1.10. The second-order valence-electron chi connectivity index (χ2n) is 8.22. The largest absolute Gasteiger partial charge is 0.494 e. The van der Waals surface area contributed by atoms with Crippen LogP contribution < -0.4 is 25.1 Å². The van der Waals surface area contributed by atoms with E-state index in [9.17, 15) is 14.4 Å². The van der Waals surface area contributed by atoms with Crippen molar-refractivity contribution in [3.05, 3.63) is 89.6 Å². The van der Waals surface area contributed by atoms with Crippen molar-refractivity contribution >= 4 is 28.3 Å². The molecule has 180 valence electrons. The van der Waals surface area contributed by atoms with E-state index in [1.54, 1.807) is 6.08 Å². The molecule has 0 radical (unpaired) electrons. The van der Waals surface area contributed by atoms with E-state index in [-0.39, 0.29) is 22.6 Å². The Morgan fingerprint density at radius 1 is 1.11 bits per heavy atom. The lowest BCUT2D eigenvalue weighted by atomic mass is 10.1. The van der Waals surface area contributed by atoms with E-state index in [1.165, 1.54) is 11.4 Å². The van der Waals surface area contributed by atoms with E-state index in [2.05, 4.69) is 10.1 Å². The summed E-state index contributed by atoms with van der Waals surface area (Å²) in [6, 6.07) is 11.1. The molecule has 0 atom stereocenters. The number of carbonyl (C=O) groups is 1. The van der Waals surface area contributed by atoms with Gasteiger partial charge in [-0.1, -0.05) is 30.4 Å². The Kier molecular flexibility index (Phi) is 7.07. The summed E-state index contributed by atoms with van der Waals surface area (Å²) in [6.07, 6.45) is 2.90. The third-order valence-electron chi connectivity index (χ3n) is 5.24. The molecule has 0 fully saturated rings. The zero-order valence-corrected chi connectivity index (χ0v) is 20.8. The molecule has 35 heavy (non-hydrogen) atoms. The van der Waals surface area contributed by atoms with Crippen LogP contribution in [0.1, 0.15) is 48.2 Å². The molecule has 0 unspecified atom stereocenters. The Bertz CT molecular complexity index is 1550. The quantitative estimate of drug-likeness (QED) is 0.289. The topological polar surface area (TPSA) is 99.9 Å². The van der Waals surface area contributed by atoms with Crippen LogP contribution in [-0.4, -0.2) is 27.2 Å². The van der Waals surface area contributed by atoms with Gasteiger partial charge in [0.1, 0.15) is 17.2 Å². The third kappa shape index (κ3) is 5.46. The fourth-order valence-electron chi connectivity index (χ4n) is 3.69. The molecule has 0 amide bonds. The van der Waals surface area contributed by atoms with Crippen LogP contribution in [0, 0.1) is 13.8 Å². The zero-order valence-electron chi connectivity index (χ0n) is 20.0. The van der Waals surface area contributed by atoms with Gasteiger partial charge in [0, 0.05) is 13.3 Å². The molecule has 2 heterocycles. The Labute approximate surface area is 205 Å². The van der Waals surface area contributed by atoms with Crippen LogP contribution in [0.3, 0.4) is 0 Å². The van der Waals surface area contributed by atoms with Gasteiger partial charge in [0.05, 0.1) is 11.1 Å². The number of esters is 1. The molecule has 9 heteroatoms. The Hall–Kier alpha value is -3.85. The minimum Gasteiger partial charge on any atom is -0.494 e. The van der Waals surface area contributed by atoms with E-state index >= 15 is 0 Å². The molecule has 0 aliphatic carbocycles. The summed E-state index contributed by atoms with van der Waals surface area (Å²) in [7, 11) is 0. The van der Waals surface area contributed by atoms with Crippen LogP contribution in [0.5, 0.6) is 11.5 Å². The molecule has 0 aliphatic rings. The molecule has 0 aliphatic heterocycles. The molecular weight excluding hydrogens is 466 g/mol. The second-order valence-corrected chi connectivity index (χ2v) is 9.23. The second kappa shape index (κ2) is 10.2. The molecule has 0 N–H and O–H groups in total. The minimum absolute atomic E-state index is 0.198. The number of benzene rings is 2. The van der Waals surface area contributed by atoms with Crippen LogP contribution in [0.2, 0.25) is 0 Å². The van der Waals surface area contributed by atoms with E-state index in [4.69, 9.17) is 9.47 Å². The number of aryl methyl sites for hydroxylation is 2. The van der Waals surface area contributed by atoms with Crippen LogP contribution >= 0.6 is 11.3 Å². The highest BCUT2D eigenvalue weighted by molar-refractivity contribution is 7.15. The fourth-order valence-corrected chi connectivity index (χ4v) is 4.60. The van der Waals surface area contributed by atoms with Crippen molar-refractivity contribution in [2.24, 2.45) is 0 Å². The average molecular weight is 492 g/mol. The Morgan fingerprint density at radius 2 is 1.80 bits per heavy atom. The van der Waals surface area contributed by atoms with Gasteiger partial charge >= 0.3 is 5.97 Å². The maximum absolute atomic E-state index is 13.0. The highest BCUT2D eigenvalue weighted by Gasteiger charge is 2.13. The van der Waals surface area contributed by atoms with Gasteiger partial charge < -0.3 is 9.47 Å². The molecule has 8 nitrogen and oxygen atoms in total. The molecule has 0 bridgehead atoms. The van der Waals surface area contributed by atoms with Gasteiger partial charge in [0.25, 0.3) is 11.1 Å². The molecule has 0 saturated heterocycles. The summed E-state index contributed by atoms with van der Waals surface area (Å²) < 4.78 is 12.4. The monoisotopic (exact) mass is 491 g/mol. The summed E-state index contributed by atoms with van der Waals surface area (Å²) in [5.41, 5.74) is 2.59. The molecule has 4 rings (SSSR count). The van der Waals surface area contributed by atoms with Gasteiger partial charge in [-0.15, -0.1) is 0 Å². The first-order valence-corrected chi connectivity index (χ1v) is 12.0. The lowest BCUT2D eigenvalue weighted by Gasteiger charge is -2.10. The van der Waals surface area contributed by atoms with E-state index in [0.717, 1.165) is 45.8 Å². The van der Waals surface area contributed by atoms with Crippen molar-refractivity contribution in [1.29, 1.82) is 0 Å². The van der Waals surface area contributed by atoms with Crippen LogP contribution in [0.25, 0.3) is 11.0 Å².